The van der Waals surface area contributed by atoms with E-state index in [2.05, 4.69) is 43.1 Å². The van der Waals surface area contributed by atoms with Crippen LogP contribution in [0.1, 0.15) is 19.3 Å². The van der Waals surface area contributed by atoms with Crippen LogP contribution < -0.4 is 15.5 Å². The first-order chi connectivity index (χ1) is 11.8. The summed E-state index contributed by atoms with van der Waals surface area (Å²) in [7, 11) is 1.84. The molecule has 1 aliphatic rings. The van der Waals surface area contributed by atoms with E-state index in [4.69, 9.17) is 0 Å². The van der Waals surface area contributed by atoms with E-state index in [1.807, 2.05) is 41.5 Å². The van der Waals surface area contributed by atoms with Crippen molar-refractivity contribution in [2.75, 3.05) is 31.6 Å². The van der Waals surface area contributed by atoms with Crippen LogP contribution in [-0.4, -0.2) is 48.5 Å². The zero-order valence-corrected chi connectivity index (χ0v) is 15.0. The van der Waals surface area contributed by atoms with E-state index in [1.54, 1.807) is 0 Å². The third-order valence-electron chi connectivity index (χ3n) is 4.29. The smallest absolute Gasteiger partial charge is 0.191 e. The highest BCUT2D eigenvalue weighted by atomic mass is 32.1. The number of thiophene rings is 1. The molecule has 0 spiro atoms. The molecule has 130 valence electrons. The topological polar surface area (TPSA) is 57.5 Å². The summed E-state index contributed by atoms with van der Waals surface area (Å²) in [6, 6.07) is 6.78. The van der Waals surface area contributed by atoms with E-state index >= 15 is 0 Å². The highest BCUT2D eigenvalue weighted by Crippen LogP contribution is 2.24. The molecular weight excluding hydrogens is 320 g/mol. The first-order valence-electron chi connectivity index (χ1n) is 8.58. The Morgan fingerprint density at radius 3 is 2.92 bits per heavy atom. The molecule has 0 atom stereocenters. The Balaban J connectivity index is 1.35. The molecular formula is C17H26N6S. The Hall–Kier alpha value is -2.02. The molecule has 0 unspecified atom stereocenters. The second-order valence-electron chi connectivity index (χ2n) is 5.98. The summed E-state index contributed by atoms with van der Waals surface area (Å²) in [5.74, 6) is 0.907. The van der Waals surface area contributed by atoms with Gasteiger partial charge in [-0.25, -0.2) is 0 Å². The average Bonchev–Trinajstić information content (AvgIpc) is 3.31. The number of hydrogen-bond donors (Lipinski definition) is 2. The van der Waals surface area contributed by atoms with E-state index in [0.29, 0.717) is 6.04 Å². The van der Waals surface area contributed by atoms with Gasteiger partial charge in [-0.2, -0.15) is 5.10 Å². The lowest BCUT2D eigenvalue weighted by Gasteiger charge is -2.33. The first kappa shape index (κ1) is 16.8. The third-order valence-corrected chi connectivity index (χ3v) is 5.22. The largest absolute Gasteiger partial charge is 0.363 e. The van der Waals surface area contributed by atoms with Crippen molar-refractivity contribution < 1.29 is 0 Å². The normalized spacial score (nSPS) is 16.4. The molecule has 1 aliphatic heterocycles. The van der Waals surface area contributed by atoms with Crippen molar-refractivity contribution in [2.45, 2.75) is 31.8 Å². The van der Waals surface area contributed by atoms with Crippen LogP contribution in [0.25, 0.3) is 0 Å². The lowest BCUT2D eigenvalue weighted by atomic mass is 10.1. The molecule has 7 heteroatoms. The third kappa shape index (κ3) is 4.74. The Morgan fingerprint density at radius 1 is 1.38 bits per heavy atom. The van der Waals surface area contributed by atoms with E-state index in [1.165, 1.54) is 5.00 Å². The van der Waals surface area contributed by atoms with Gasteiger partial charge in [0.25, 0.3) is 0 Å². The SMILES string of the molecule is CN=C(NCCCn1cccn1)NC1CCN(c2cccs2)CC1. The summed E-state index contributed by atoms with van der Waals surface area (Å²) in [4.78, 5) is 6.82. The number of hydrogen-bond acceptors (Lipinski definition) is 4. The molecule has 3 heterocycles. The second-order valence-corrected chi connectivity index (χ2v) is 6.90. The van der Waals surface area contributed by atoms with Gasteiger partial charge in [-0.1, -0.05) is 0 Å². The molecule has 0 radical (unpaired) electrons. The Morgan fingerprint density at radius 2 is 2.25 bits per heavy atom. The summed E-state index contributed by atoms with van der Waals surface area (Å²) in [6.45, 7) is 4.03. The van der Waals surface area contributed by atoms with Crippen molar-refractivity contribution >= 4 is 22.3 Å². The molecule has 0 bridgehead atoms. The van der Waals surface area contributed by atoms with Crippen LogP contribution >= 0.6 is 11.3 Å². The number of anilines is 1. The van der Waals surface area contributed by atoms with Crippen molar-refractivity contribution in [3.05, 3.63) is 36.0 Å². The number of nitrogens with one attached hydrogen (secondary N) is 2. The fraction of sp³-hybridized carbons (Fsp3) is 0.529. The van der Waals surface area contributed by atoms with Gasteiger partial charge in [-0.3, -0.25) is 9.67 Å². The number of aryl methyl sites for hydroxylation is 1. The molecule has 2 N–H and O–H groups in total. The minimum atomic E-state index is 0.499. The quantitative estimate of drug-likeness (QED) is 0.478. The molecule has 3 rings (SSSR count). The van der Waals surface area contributed by atoms with Gasteiger partial charge in [0.2, 0.25) is 0 Å². The highest BCUT2D eigenvalue weighted by Gasteiger charge is 2.20. The molecule has 0 amide bonds. The Labute approximate surface area is 147 Å². The van der Waals surface area contributed by atoms with Crippen LogP contribution in [0.4, 0.5) is 5.00 Å². The van der Waals surface area contributed by atoms with Crippen LogP contribution in [-0.2, 0) is 6.54 Å². The minimum Gasteiger partial charge on any atom is -0.363 e. The number of guanidine groups is 1. The number of aromatic nitrogens is 2. The second kappa shape index (κ2) is 8.73. The van der Waals surface area contributed by atoms with Gasteiger partial charge in [0.15, 0.2) is 5.96 Å². The molecule has 24 heavy (non-hydrogen) atoms. The Kier molecular flexibility index (Phi) is 6.12. The van der Waals surface area contributed by atoms with Gasteiger partial charge in [0.1, 0.15) is 0 Å². The van der Waals surface area contributed by atoms with Crippen LogP contribution in [0, 0.1) is 0 Å². The van der Waals surface area contributed by atoms with Crippen LogP contribution in [0.2, 0.25) is 0 Å². The first-order valence-corrected chi connectivity index (χ1v) is 9.46. The molecule has 0 saturated carbocycles. The number of nitrogens with zero attached hydrogens (tertiary/aromatic N) is 4. The van der Waals surface area contributed by atoms with Crippen LogP contribution in [0.3, 0.4) is 0 Å². The van der Waals surface area contributed by atoms with Crippen molar-refractivity contribution in [2.24, 2.45) is 4.99 Å². The van der Waals surface area contributed by atoms with Crippen molar-refractivity contribution in [1.82, 2.24) is 20.4 Å². The summed E-state index contributed by atoms with van der Waals surface area (Å²) in [5, 5.41) is 14.7. The minimum absolute atomic E-state index is 0.499. The number of piperidine rings is 1. The van der Waals surface area contributed by atoms with Crippen molar-refractivity contribution in [3.8, 4) is 0 Å². The molecule has 2 aromatic heterocycles. The van der Waals surface area contributed by atoms with E-state index < -0.39 is 0 Å². The van der Waals surface area contributed by atoms with Crippen LogP contribution in [0.5, 0.6) is 0 Å². The summed E-state index contributed by atoms with van der Waals surface area (Å²) in [5.41, 5.74) is 0. The zero-order chi connectivity index (χ0) is 16.6. The molecule has 6 nitrogen and oxygen atoms in total. The molecule has 1 saturated heterocycles. The maximum atomic E-state index is 4.35. The van der Waals surface area contributed by atoms with Crippen molar-refractivity contribution in [3.63, 3.8) is 0 Å². The number of rotatable bonds is 6. The van der Waals surface area contributed by atoms with Crippen LogP contribution in [0.15, 0.2) is 41.0 Å². The van der Waals surface area contributed by atoms with Crippen molar-refractivity contribution in [1.29, 1.82) is 0 Å². The van der Waals surface area contributed by atoms with Gasteiger partial charge in [-0.05, 0) is 42.8 Å². The van der Waals surface area contributed by atoms with Gasteiger partial charge in [0.05, 0.1) is 5.00 Å². The monoisotopic (exact) mass is 346 g/mol. The van der Waals surface area contributed by atoms with Gasteiger partial charge in [0, 0.05) is 51.7 Å². The fourth-order valence-electron chi connectivity index (χ4n) is 2.96. The highest BCUT2D eigenvalue weighted by molar-refractivity contribution is 7.14. The molecule has 0 aromatic carbocycles. The fourth-order valence-corrected chi connectivity index (χ4v) is 3.75. The molecule has 0 aliphatic carbocycles. The summed E-state index contributed by atoms with van der Waals surface area (Å²) >= 11 is 1.82. The molecule has 2 aromatic rings. The van der Waals surface area contributed by atoms with E-state index in [0.717, 1.165) is 51.4 Å². The van der Waals surface area contributed by atoms with Gasteiger partial charge < -0.3 is 15.5 Å². The Bertz CT molecular complexity index is 599. The maximum Gasteiger partial charge on any atom is 0.191 e. The average molecular weight is 347 g/mol. The maximum absolute atomic E-state index is 4.35. The predicted molar refractivity (Wildman–Crippen MR) is 101 cm³/mol. The molecule has 1 fully saturated rings. The zero-order valence-electron chi connectivity index (χ0n) is 14.2. The van der Waals surface area contributed by atoms with Gasteiger partial charge in [-0.15, -0.1) is 11.3 Å². The standard InChI is InChI=1S/C17H26N6S/c1-18-17(19-8-3-10-23-11-4-9-20-23)21-15-6-12-22(13-7-15)16-5-2-14-24-16/h2,4-5,9,11,14-15H,3,6-8,10,12-13H2,1H3,(H2,18,19,21). The summed E-state index contributed by atoms with van der Waals surface area (Å²) < 4.78 is 1.96. The predicted octanol–water partition coefficient (Wildman–Crippen LogP) is 2.17. The lowest BCUT2D eigenvalue weighted by molar-refractivity contribution is 0.461. The summed E-state index contributed by atoms with van der Waals surface area (Å²) in [6.07, 6.45) is 7.13. The van der Waals surface area contributed by atoms with Gasteiger partial charge >= 0.3 is 0 Å². The number of aliphatic imine (C=N–C) groups is 1. The lowest BCUT2D eigenvalue weighted by Crippen LogP contribution is -2.48. The van der Waals surface area contributed by atoms with E-state index in [9.17, 15) is 0 Å². The van der Waals surface area contributed by atoms with E-state index in [-0.39, 0.29) is 0 Å².